The van der Waals surface area contributed by atoms with Gasteiger partial charge < -0.3 is 10.1 Å². The number of nitrogens with zero attached hydrogens (tertiary/aromatic N) is 3. The molecule has 0 radical (unpaired) electrons. The molecule has 148 valence electrons. The van der Waals surface area contributed by atoms with Gasteiger partial charge >= 0.3 is 0 Å². The molecule has 5 rings (SSSR count). The lowest BCUT2D eigenvalue weighted by Crippen LogP contribution is -2.22. The van der Waals surface area contributed by atoms with Gasteiger partial charge in [0.15, 0.2) is 6.10 Å². The van der Waals surface area contributed by atoms with Gasteiger partial charge in [0.1, 0.15) is 23.7 Å². The molecule has 0 saturated carbocycles. The molecule has 3 aromatic carbocycles. The van der Waals surface area contributed by atoms with Gasteiger partial charge in [-0.1, -0.05) is 65.4 Å². The number of hydrogen-bond acceptors (Lipinski definition) is 4. The second-order valence-corrected chi connectivity index (χ2v) is 7.30. The van der Waals surface area contributed by atoms with Crippen molar-refractivity contribution >= 4 is 11.6 Å². The van der Waals surface area contributed by atoms with E-state index in [1.54, 1.807) is 4.68 Å². The Morgan fingerprint density at radius 2 is 1.73 bits per heavy atom. The maximum atomic E-state index is 12.7. The van der Waals surface area contributed by atoms with Crippen LogP contribution in [0.4, 0.5) is 5.69 Å². The molecule has 1 N–H and O–H groups in total. The highest BCUT2D eigenvalue weighted by Gasteiger charge is 2.33. The molecule has 1 aliphatic rings. The molecule has 1 aromatic heterocycles. The number of para-hydroxylation sites is 1. The average molecular weight is 396 g/mol. The Bertz CT molecular complexity index is 1200. The molecule has 1 amide bonds. The topological polar surface area (TPSA) is 69.0 Å². The number of carbonyl (C=O) groups is 1. The molecule has 6 heteroatoms. The number of aromatic nitrogens is 3. The van der Waals surface area contributed by atoms with Gasteiger partial charge in [-0.05, 0) is 36.8 Å². The lowest BCUT2D eigenvalue weighted by atomic mass is 9.98. The molecule has 2 heterocycles. The van der Waals surface area contributed by atoms with Crippen molar-refractivity contribution in [2.45, 2.75) is 19.6 Å². The summed E-state index contributed by atoms with van der Waals surface area (Å²) in [5.41, 5.74) is 5.29. The summed E-state index contributed by atoms with van der Waals surface area (Å²) < 4.78 is 7.90. The van der Waals surface area contributed by atoms with E-state index in [1.807, 2.05) is 85.8 Å². The summed E-state index contributed by atoms with van der Waals surface area (Å²) in [6.45, 7) is 2.07. The monoisotopic (exact) mass is 396 g/mol. The van der Waals surface area contributed by atoms with E-state index in [9.17, 15) is 4.79 Å². The van der Waals surface area contributed by atoms with E-state index >= 15 is 0 Å². The minimum Gasteiger partial charge on any atom is -0.478 e. The zero-order valence-corrected chi connectivity index (χ0v) is 16.4. The quantitative estimate of drug-likeness (QED) is 0.556. The number of aryl methyl sites for hydroxylation is 1. The Labute approximate surface area is 174 Å². The Kier molecular flexibility index (Phi) is 4.52. The van der Waals surface area contributed by atoms with E-state index in [2.05, 4.69) is 15.6 Å². The molecule has 0 fully saturated rings. The van der Waals surface area contributed by atoms with Crippen molar-refractivity contribution in [1.82, 2.24) is 15.0 Å². The first-order valence-corrected chi connectivity index (χ1v) is 9.80. The van der Waals surface area contributed by atoms with Gasteiger partial charge in [-0.3, -0.25) is 4.79 Å². The van der Waals surface area contributed by atoms with Gasteiger partial charge in [0.25, 0.3) is 0 Å². The van der Waals surface area contributed by atoms with Crippen molar-refractivity contribution in [2.75, 3.05) is 5.32 Å². The van der Waals surface area contributed by atoms with E-state index in [-0.39, 0.29) is 18.6 Å². The predicted molar refractivity (Wildman–Crippen MR) is 114 cm³/mol. The number of fused-ring (bicyclic) bond motifs is 3. The highest BCUT2D eigenvalue weighted by molar-refractivity contribution is 5.91. The SMILES string of the molecule is Cc1ccc(NC(=O)Cn2nnc3c2-c2ccccc2O[C@H]3c2ccccc2)cc1. The van der Waals surface area contributed by atoms with Crippen LogP contribution in [0, 0.1) is 6.92 Å². The van der Waals surface area contributed by atoms with Crippen molar-refractivity contribution in [3.8, 4) is 17.0 Å². The minimum absolute atomic E-state index is 0.0616. The lowest BCUT2D eigenvalue weighted by Gasteiger charge is -2.26. The van der Waals surface area contributed by atoms with Gasteiger partial charge in [0.2, 0.25) is 5.91 Å². The predicted octanol–water partition coefficient (Wildman–Crippen LogP) is 4.37. The van der Waals surface area contributed by atoms with Crippen LogP contribution in [-0.4, -0.2) is 20.9 Å². The van der Waals surface area contributed by atoms with Gasteiger partial charge in [-0.2, -0.15) is 0 Å². The third-order valence-corrected chi connectivity index (χ3v) is 5.13. The number of carbonyl (C=O) groups excluding carboxylic acids is 1. The third kappa shape index (κ3) is 3.33. The Hall–Kier alpha value is -3.93. The summed E-state index contributed by atoms with van der Waals surface area (Å²) in [6, 6.07) is 25.4. The van der Waals surface area contributed by atoms with E-state index in [1.165, 1.54) is 0 Å². The highest BCUT2D eigenvalue weighted by atomic mass is 16.5. The molecular weight excluding hydrogens is 376 g/mol. The molecule has 0 saturated heterocycles. The van der Waals surface area contributed by atoms with Crippen LogP contribution >= 0.6 is 0 Å². The summed E-state index contributed by atoms with van der Waals surface area (Å²) in [5, 5.41) is 11.6. The summed E-state index contributed by atoms with van der Waals surface area (Å²) in [5.74, 6) is 0.591. The zero-order chi connectivity index (χ0) is 20.5. The lowest BCUT2D eigenvalue weighted by molar-refractivity contribution is -0.116. The molecule has 0 unspecified atom stereocenters. The molecule has 0 aliphatic carbocycles. The molecule has 30 heavy (non-hydrogen) atoms. The molecular formula is C24H20N4O2. The Morgan fingerprint density at radius 1 is 1.00 bits per heavy atom. The van der Waals surface area contributed by atoms with Crippen molar-refractivity contribution in [2.24, 2.45) is 0 Å². The Morgan fingerprint density at radius 3 is 2.53 bits per heavy atom. The maximum Gasteiger partial charge on any atom is 0.246 e. The second-order valence-electron chi connectivity index (χ2n) is 7.30. The smallest absolute Gasteiger partial charge is 0.246 e. The first-order valence-electron chi connectivity index (χ1n) is 9.80. The number of benzene rings is 3. The van der Waals surface area contributed by atoms with Gasteiger partial charge in [-0.25, -0.2) is 4.68 Å². The number of rotatable bonds is 4. The zero-order valence-electron chi connectivity index (χ0n) is 16.4. The number of anilines is 1. The van der Waals surface area contributed by atoms with Crippen LogP contribution in [0.1, 0.15) is 22.9 Å². The van der Waals surface area contributed by atoms with Crippen molar-refractivity contribution in [1.29, 1.82) is 0 Å². The first-order chi connectivity index (χ1) is 14.7. The fourth-order valence-corrected chi connectivity index (χ4v) is 3.67. The second kappa shape index (κ2) is 7.48. The van der Waals surface area contributed by atoms with E-state index in [0.717, 1.165) is 33.8 Å². The molecule has 1 aliphatic heterocycles. The molecule has 6 nitrogen and oxygen atoms in total. The van der Waals surface area contributed by atoms with E-state index in [4.69, 9.17) is 4.74 Å². The number of amides is 1. The molecule has 1 atom stereocenters. The molecule has 4 aromatic rings. The van der Waals surface area contributed by atoms with Crippen molar-refractivity contribution in [3.05, 3.63) is 95.7 Å². The minimum atomic E-state index is -0.370. The van der Waals surface area contributed by atoms with Gasteiger partial charge in [0.05, 0.1) is 0 Å². The first kappa shape index (κ1) is 18.1. The summed E-state index contributed by atoms with van der Waals surface area (Å²) in [6.07, 6.45) is -0.370. The fraction of sp³-hybridized carbons (Fsp3) is 0.125. The molecule has 0 spiro atoms. The average Bonchev–Trinajstić information content (AvgIpc) is 3.19. The maximum absolute atomic E-state index is 12.7. The fourth-order valence-electron chi connectivity index (χ4n) is 3.67. The number of ether oxygens (including phenoxy) is 1. The van der Waals surface area contributed by atoms with Crippen molar-refractivity contribution < 1.29 is 9.53 Å². The van der Waals surface area contributed by atoms with Crippen molar-refractivity contribution in [3.63, 3.8) is 0 Å². The summed E-state index contributed by atoms with van der Waals surface area (Å²) >= 11 is 0. The highest BCUT2D eigenvalue weighted by Crippen LogP contribution is 2.43. The largest absolute Gasteiger partial charge is 0.478 e. The standard InChI is InChI=1S/C24H20N4O2/c1-16-11-13-18(14-12-16)25-21(29)15-28-23-19-9-5-6-10-20(19)30-24(22(23)26-27-28)17-7-3-2-4-8-17/h2-14,24H,15H2,1H3,(H,25,29)/t24-/m0/s1. The van der Waals surface area contributed by atoms with Crippen LogP contribution < -0.4 is 10.1 Å². The number of hydrogen-bond donors (Lipinski definition) is 1. The molecule has 0 bridgehead atoms. The van der Waals surface area contributed by atoms with E-state index < -0.39 is 0 Å². The Balaban J connectivity index is 1.49. The summed E-state index contributed by atoms with van der Waals surface area (Å²) in [7, 11) is 0. The van der Waals surface area contributed by atoms with Crippen LogP contribution in [0.3, 0.4) is 0 Å². The van der Waals surface area contributed by atoms with Crippen LogP contribution in [-0.2, 0) is 11.3 Å². The third-order valence-electron chi connectivity index (χ3n) is 5.13. The van der Waals surface area contributed by atoms with E-state index in [0.29, 0.717) is 5.69 Å². The van der Waals surface area contributed by atoms with Crippen LogP contribution in [0.2, 0.25) is 0 Å². The number of nitrogens with one attached hydrogen (secondary N) is 1. The van der Waals surface area contributed by atoms with Crippen LogP contribution in [0.15, 0.2) is 78.9 Å². The van der Waals surface area contributed by atoms with Crippen LogP contribution in [0.25, 0.3) is 11.3 Å². The van der Waals surface area contributed by atoms with Gasteiger partial charge in [-0.15, -0.1) is 5.10 Å². The summed E-state index contributed by atoms with van der Waals surface area (Å²) in [4.78, 5) is 12.7. The van der Waals surface area contributed by atoms with Crippen LogP contribution in [0.5, 0.6) is 5.75 Å². The van der Waals surface area contributed by atoms with Gasteiger partial charge in [0, 0.05) is 11.3 Å². The normalized spacial score (nSPS) is 14.4.